The summed E-state index contributed by atoms with van der Waals surface area (Å²) in [6.45, 7) is 1.71. The van der Waals surface area contributed by atoms with Crippen LogP contribution in [0.25, 0.3) is 33.4 Å². The molecule has 0 amide bonds. The van der Waals surface area contributed by atoms with Crippen molar-refractivity contribution in [3.63, 3.8) is 0 Å². The van der Waals surface area contributed by atoms with Crippen molar-refractivity contribution < 1.29 is 9.13 Å². The van der Waals surface area contributed by atoms with Gasteiger partial charge < -0.3 is 15.4 Å². The molecule has 0 radical (unpaired) electrons. The fraction of sp³-hybridized carbons (Fsp3) is 0.273. The molecule has 0 bridgehead atoms. The predicted octanol–water partition coefficient (Wildman–Crippen LogP) is 3.16. The number of fused-ring (bicyclic) bond motifs is 1. The summed E-state index contributed by atoms with van der Waals surface area (Å²) in [6, 6.07) is 7.42. The lowest BCUT2D eigenvalue weighted by molar-refractivity contribution is 0.396. The van der Waals surface area contributed by atoms with Crippen molar-refractivity contribution >= 4 is 16.7 Å². The van der Waals surface area contributed by atoms with Gasteiger partial charge >= 0.3 is 0 Å². The molecule has 1 aliphatic rings. The van der Waals surface area contributed by atoms with Crippen LogP contribution in [0.1, 0.15) is 12.8 Å². The molecular weight excluding hydrogens is 397 g/mol. The fourth-order valence-corrected chi connectivity index (χ4v) is 3.88. The Hall–Kier alpha value is -3.59. The molecule has 0 spiro atoms. The Bertz CT molecular complexity index is 1230. The summed E-state index contributed by atoms with van der Waals surface area (Å²) >= 11 is 0. The molecule has 4 heterocycles. The van der Waals surface area contributed by atoms with Gasteiger partial charge in [0.15, 0.2) is 0 Å². The number of hydrogen-bond acceptors (Lipinski definition) is 7. The molecule has 0 atom stereocenters. The zero-order chi connectivity index (χ0) is 21.4. The Balaban J connectivity index is 1.54. The van der Waals surface area contributed by atoms with E-state index < -0.39 is 5.82 Å². The van der Waals surface area contributed by atoms with Crippen LogP contribution in [-0.2, 0) is 0 Å². The Labute approximate surface area is 178 Å². The summed E-state index contributed by atoms with van der Waals surface area (Å²) in [7, 11) is 1.50. The molecule has 3 N–H and O–H groups in total. The minimum atomic E-state index is -0.421. The topological polar surface area (TPSA) is 106 Å². The number of H-pyrrole nitrogens is 1. The van der Waals surface area contributed by atoms with Crippen LogP contribution in [0.3, 0.4) is 0 Å². The number of aromatic nitrogens is 5. The molecule has 1 aliphatic heterocycles. The van der Waals surface area contributed by atoms with Crippen LogP contribution in [0.4, 0.5) is 10.2 Å². The smallest absolute Gasteiger partial charge is 0.213 e. The van der Waals surface area contributed by atoms with Gasteiger partial charge in [0, 0.05) is 36.1 Å². The number of hydrogen-bond donors (Lipinski definition) is 2. The zero-order valence-electron chi connectivity index (χ0n) is 17.0. The minimum Gasteiger partial charge on any atom is -0.481 e. The summed E-state index contributed by atoms with van der Waals surface area (Å²) in [5.41, 5.74) is 9.28. The molecular formula is C22H22FN7O. The summed E-state index contributed by atoms with van der Waals surface area (Å²) in [4.78, 5) is 15.3. The van der Waals surface area contributed by atoms with E-state index in [-0.39, 0.29) is 6.04 Å². The first-order valence-electron chi connectivity index (χ1n) is 10.1. The second-order valence-electron chi connectivity index (χ2n) is 7.63. The van der Waals surface area contributed by atoms with Gasteiger partial charge in [0.1, 0.15) is 23.0 Å². The largest absolute Gasteiger partial charge is 0.481 e. The Kier molecular flexibility index (Phi) is 4.95. The molecule has 31 heavy (non-hydrogen) atoms. The van der Waals surface area contributed by atoms with E-state index in [2.05, 4.69) is 25.1 Å². The van der Waals surface area contributed by atoms with Crippen molar-refractivity contribution in [1.29, 1.82) is 0 Å². The van der Waals surface area contributed by atoms with E-state index in [1.54, 1.807) is 18.5 Å². The molecule has 8 nitrogen and oxygen atoms in total. The van der Waals surface area contributed by atoms with E-state index in [0.29, 0.717) is 28.4 Å². The number of rotatable bonds is 4. The van der Waals surface area contributed by atoms with Crippen molar-refractivity contribution in [1.82, 2.24) is 25.1 Å². The maximum Gasteiger partial charge on any atom is 0.213 e. The monoisotopic (exact) mass is 419 g/mol. The number of nitrogens with zero attached hydrogens (tertiary/aromatic N) is 5. The third-order valence-corrected chi connectivity index (χ3v) is 5.64. The molecule has 0 aliphatic carbocycles. The highest BCUT2D eigenvalue weighted by molar-refractivity contribution is 5.95. The lowest BCUT2D eigenvalue weighted by Crippen LogP contribution is -2.40. The molecule has 158 valence electrons. The molecule has 1 aromatic carbocycles. The number of methoxy groups -OCH3 is 1. The average Bonchev–Trinajstić information content (AvgIpc) is 3.23. The van der Waals surface area contributed by atoms with Gasteiger partial charge in [0.2, 0.25) is 5.88 Å². The van der Waals surface area contributed by atoms with E-state index in [4.69, 9.17) is 15.5 Å². The van der Waals surface area contributed by atoms with E-state index in [0.717, 1.165) is 48.8 Å². The van der Waals surface area contributed by atoms with E-state index >= 15 is 0 Å². The summed E-state index contributed by atoms with van der Waals surface area (Å²) in [6.07, 6.45) is 6.48. The van der Waals surface area contributed by atoms with Crippen LogP contribution in [0.5, 0.6) is 5.88 Å². The standard InChI is InChI=1S/C22H22FN7O/c1-31-21-9-15(17(23)10-26-21)13-2-3-18-16(8-13)22(29-28-18)19-11-25-12-20(27-19)30-6-4-14(24)5-7-30/h2-3,8-12,14H,4-7,24H2,1H3,(H,28,29). The van der Waals surface area contributed by atoms with Gasteiger partial charge in [-0.05, 0) is 30.5 Å². The molecule has 0 unspecified atom stereocenters. The quantitative estimate of drug-likeness (QED) is 0.523. The van der Waals surface area contributed by atoms with Crippen molar-refractivity contribution in [2.75, 3.05) is 25.1 Å². The Morgan fingerprint density at radius 3 is 2.81 bits per heavy atom. The molecule has 0 saturated carbocycles. The molecule has 9 heteroatoms. The third-order valence-electron chi connectivity index (χ3n) is 5.64. The van der Waals surface area contributed by atoms with Crippen LogP contribution in [0.15, 0.2) is 42.9 Å². The van der Waals surface area contributed by atoms with Gasteiger partial charge in [-0.25, -0.2) is 14.4 Å². The van der Waals surface area contributed by atoms with Crippen molar-refractivity contribution in [2.45, 2.75) is 18.9 Å². The number of halogens is 1. The van der Waals surface area contributed by atoms with Gasteiger partial charge in [0.25, 0.3) is 0 Å². The van der Waals surface area contributed by atoms with Gasteiger partial charge in [-0.3, -0.25) is 10.1 Å². The minimum absolute atomic E-state index is 0.244. The van der Waals surface area contributed by atoms with Gasteiger partial charge in [0.05, 0.1) is 31.2 Å². The van der Waals surface area contributed by atoms with Crippen molar-refractivity contribution in [3.8, 4) is 28.4 Å². The van der Waals surface area contributed by atoms with Gasteiger partial charge in [-0.15, -0.1) is 0 Å². The summed E-state index contributed by atoms with van der Waals surface area (Å²) in [5, 5.41) is 8.32. The molecule has 1 fully saturated rings. The second kappa shape index (κ2) is 7.92. The lowest BCUT2D eigenvalue weighted by atomic mass is 10.0. The second-order valence-corrected chi connectivity index (χ2v) is 7.63. The van der Waals surface area contributed by atoms with Crippen LogP contribution in [-0.4, -0.2) is 51.4 Å². The van der Waals surface area contributed by atoms with Crippen LogP contribution < -0.4 is 15.4 Å². The number of nitrogens with two attached hydrogens (primary N) is 1. The predicted molar refractivity (Wildman–Crippen MR) is 116 cm³/mol. The molecule has 3 aromatic heterocycles. The number of pyridine rings is 1. The van der Waals surface area contributed by atoms with Crippen molar-refractivity contribution in [2.24, 2.45) is 5.73 Å². The first-order chi connectivity index (χ1) is 15.1. The number of anilines is 1. The normalized spacial score (nSPS) is 14.9. The summed E-state index contributed by atoms with van der Waals surface area (Å²) < 4.78 is 19.6. The Morgan fingerprint density at radius 1 is 1.16 bits per heavy atom. The first kappa shape index (κ1) is 19.4. The third kappa shape index (κ3) is 3.68. The maximum atomic E-state index is 14.4. The van der Waals surface area contributed by atoms with Crippen LogP contribution in [0, 0.1) is 5.82 Å². The highest BCUT2D eigenvalue weighted by Gasteiger charge is 2.19. The summed E-state index contributed by atoms with van der Waals surface area (Å²) in [5.74, 6) is 0.737. The number of piperidine rings is 1. The van der Waals surface area contributed by atoms with Crippen LogP contribution in [0.2, 0.25) is 0 Å². The Morgan fingerprint density at radius 2 is 2.00 bits per heavy atom. The lowest BCUT2D eigenvalue weighted by Gasteiger charge is -2.30. The zero-order valence-corrected chi connectivity index (χ0v) is 17.0. The maximum absolute atomic E-state index is 14.4. The first-order valence-corrected chi connectivity index (χ1v) is 10.1. The number of aromatic amines is 1. The fourth-order valence-electron chi connectivity index (χ4n) is 3.88. The van der Waals surface area contributed by atoms with Gasteiger partial charge in [-0.1, -0.05) is 6.07 Å². The average molecular weight is 419 g/mol. The van der Waals surface area contributed by atoms with Crippen LogP contribution >= 0.6 is 0 Å². The molecule has 1 saturated heterocycles. The number of nitrogens with one attached hydrogen (secondary N) is 1. The van der Waals surface area contributed by atoms with E-state index in [9.17, 15) is 4.39 Å². The van der Waals surface area contributed by atoms with E-state index in [1.165, 1.54) is 7.11 Å². The highest BCUT2D eigenvalue weighted by atomic mass is 19.1. The SMILES string of the molecule is COc1cc(-c2ccc3[nH]nc(-c4cncc(N5CCC(N)CC5)n4)c3c2)c(F)cn1. The number of benzene rings is 1. The molecule has 5 rings (SSSR count). The van der Waals surface area contributed by atoms with Crippen molar-refractivity contribution in [3.05, 3.63) is 48.7 Å². The van der Waals surface area contributed by atoms with E-state index in [1.807, 2.05) is 18.2 Å². The van der Waals surface area contributed by atoms with Gasteiger partial charge in [-0.2, -0.15) is 5.10 Å². The highest BCUT2D eigenvalue weighted by Crippen LogP contribution is 2.32. The molecule has 4 aromatic rings. The number of ether oxygens (including phenoxy) is 1.